The fraction of sp³-hybridized carbons (Fsp3) is 0.150. The van der Waals surface area contributed by atoms with Gasteiger partial charge in [-0.1, -0.05) is 24.3 Å². The summed E-state index contributed by atoms with van der Waals surface area (Å²) in [6, 6.07) is 15.0. The summed E-state index contributed by atoms with van der Waals surface area (Å²) in [5, 5.41) is 12.3. The Hall–Kier alpha value is -3.36. The van der Waals surface area contributed by atoms with Gasteiger partial charge in [0.15, 0.2) is 5.82 Å². The van der Waals surface area contributed by atoms with Crippen LogP contribution in [0.4, 0.5) is 21.8 Å². The highest BCUT2D eigenvalue weighted by Gasteiger charge is 2.24. The van der Waals surface area contributed by atoms with Crippen LogP contribution < -0.4 is 5.32 Å². The highest BCUT2D eigenvalue weighted by atomic mass is 19.1. The molecule has 8 heteroatoms. The molecule has 0 saturated carbocycles. The second-order valence-corrected chi connectivity index (χ2v) is 6.04. The van der Waals surface area contributed by atoms with E-state index in [0.29, 0.717) is 23.2 Å². The smallest absolute Gasteiger partial charge is 0.229 e. The van der Waals surface area contributed by atoms with Crippen molar-refractivity contribution in [3.63, 3.8) is 0 Å². The molecule has 3 aromatic rings. The van der Waals surface area contributed by atoms with E-state index in [4.69, 9.17) is 9.47 Å². The minimum atomic E-state index is -0.699. The molecule has 1 aliphatic heterocycles. The van der Waals surface area contributed by atoms with E-state index < -0.39 is 6.29 Å². The Morgan fingerprint density at radius 3 is 2.93 bits per heavy atom. The Labute approximate surface area is 160 Å². The molecular weight excluding hydrogens is 363 g/mol. The zero-order valence-electron chi connectivity index (χ0n) is 14.7. The van der Waals surface area contributed by atoms with Crippen molar-refractivity contribution in [3.8, 4) is 0 Å². The molecule has 28 heavy (non-hydrogen) atoms. The predicted molar refractivity (Wildman–Crippen MR) is 101 cm³/mol. The van der Waals surface area contributed by atoms with Crippen LogP contribution in [-0.4, -0.2) is 27.6 Å². The molecule has 0 aliphatic carbocycles. The van der Waals surface area contributed by atoms with E-state index in [-0.39, 0.29) is 19.0 Å². The number of hydrogen-bond donors (Lipinski definition) is 2. The second-order valence-electron chi connectivity index (χ2n) is 6.04. The molecule has 1 atom stereocenters. The molecule has 1 unspecified atom stereocenters. The topological polar surface area (TPSA) is 88.9 Å². The first-order chi connectivity index (χ1) is 13.7. The molecule has 142 valence electrons. The van der Waals surface area contributed by atoms with Gasteiger partial charge in [0, 0.05) is 23.5 Å². The monoisotopic (exact) mass is 380 g/mol. The van der Waals surface area contributed by atoms with Gasteiger partial charge in [-0.2, -0.15) is 9.98 Å². The summed E-state index contributed by atoms with van der Waals surface area (Å²) in [5.74, 6) is 0.750. The molecule has 2 aromatic carbocycles. The second kappa shape index (κ2) is 8.12. The van der Waals surface area contributed by atoms with Crippen LogP contribution in [0.25, 0.3) is 0 Å². The normalized spacial score (nSPS) is 17.5. The molecule has 2 N–H and O–H groups in total. The zero-order valence-corrected chi connectivity index (χ0v) is 14.7. The number of aliphatic hydroxyl groups is 1. The van der Waals surface area contributed by atoms with Gasteiger partial charge in [-0.15, -0.1) is 0 Å². The van der Waals surface area contributed by atoms with Crippen molar-refractivity contribution in [2.75, 3.05) is 11.9 Å². The van der Waals surface area contributed by atoms with Gasteiger partial charge in [-0.3, -0.25) is 0 Å². The SMILES string of the molecule is OCc1cccc(Nc2nccc(N=C3COC(c4cccc(F)c4)O3)n2)c1. The van der Waals surface area contributed by atoms with Gasteiger partial charge in [-0.25, -0.2) is 9.37 Å². The average Bonchev–Trinajstić information content (AvgIpc) is 3.17. The number of rotatable bonds is 5. The lowest BCUT2D eigenvalue weighted by atomic mass is 10.2. The third-order valence-corrected chi connectivity index (χ3v) is 3.97. The number of benzene rings is 2. The number of ether oxygens (including phenoxy) is 2. The minimum Gasteiger partial charge on any atom is -0.445 e. The Balaban J connectivity index is 1.47. The van der Waals surface area contributed by atoms with E-state index in [1.807, 2.05) is 18.2 Å². The summed E-state index contributed by atoms with van der Waals surface area (Å²) in [6.45, 7) is 0.111. The summed E-state index contributed by atoms with van der Waals surface area (Å²) < 4.78 is 24.5. The van der Waals surface area contributed by atoms with Gasteiger partial charge in [-0.05, 0) is 29.8 Å². The van der Waals surface area contributed by atoms with Crippen LogP contribution in [0.3, 0.4) is 0 Å². The Morgan fingerprint density at radius 2 is 2.07 bits per heavy atom. The number of aliphatic imine (C=N–C) groups is 1. The van der Waals surface area contributed by atoms with Gasteiger partial charge in [0.2, 0.25) is 18.1 Å². The van der Waals surface area contributed by atoms with Gasteiger partial charge in [0.25, 0.3) is 0 Å². The van der Waals surface area contributed by atoms with E-state index in [2.05, 4.69) is 20.3 Å². The maximum Gasteiger partial charge on any atom is 0.229 e. The van der Waals surface area contributed by atoms with Crippen LogP contribution in [-0.2, 0) is 16.1 Å². The zero-order chi connectivity index (χ0) is 19.3. The number of hydrogen-bond acceptors (Lipinski definition) is 7. The van der Waals surface area contributed by atoms with Crippen molar-refractivity contribution in [1.82, 2.24) is 9.97 Å². The van der Waals surface area contributed by atoms with E-state index in [1.54, 1.807) is 30.5 Å². The van der Waals surface area contributed by atoms with Crippen molar-refractivity contribution in [3.05, 3.63) is 77.7 Å². The molecule has 7 nitrogen and oxygen atoms in total. The Bertz CT molecular complexity index is 1010. The highest BCUT2D eigenvalue weighted by molar-refractivity contribution is 5.81. The number of anilines is 2. The third-order valence-electron chi connectivity index (χ3n) is 3.97. The average molecular weight is 380 g/mol. The molecule has 1 fully saturated rings. The molecule has 1 aliphatic rings. The minimum absolute atomic E-state index is 0.0477. The van der Waals surface area contributed by atoms with Crippen LogP contribution >= 0.6 is 0 Å². The van der Waals surface area contributed by atoms with E-state index in [1.165, 1.54) is 12.1 Å². The van der Waals surface area contributed by atoms with Crippen molar-refractivity contribution < 1.29 is 19.0 Å². The standard InChI is InChI=1S/C20H17FN4O3/c21-15-5-2-4-14(10-15)19-27-12-18(28-19)24-17-7-8-22-20(25-17)23-16-6-1-3-13(9-16)11-26/h1-10,19,26H,11-12H2,(H,22,23,25). The van der Waals surface area contributed by atoms with Crippen LogP contribution in [0.15, 0.2) is 65.8 Å². The van der Waals surface area contributed by atoms with Crippen LogP contribution in [0, 0.1) is 5.82 Å². The number of aromatic nitrogens is 2. The molecule has 0 radical (unpaired) electrons. The first-order valence-electron chi connectivity index (χ1n) is 8.61. The van der Waals surface area contributed by atoms with Gasteiger partial charge < -0.3 is 19.9 Å². The summed E-state index contributed by atoms with van der Waals surface area (Å²) in [4.78, 5) is 12.8. The number of halogens is 1. The van der Waals surface area contributed by atoms with Gasteiger partial charge >= 0.3 is 0 Å². The number of aliphatic hydroxyl groups excluding tert-OH is 1. The lowest BCUT2D eigenvalue weighted by molar-refractivity contribution is -0.0246. The fourth-order valence-electron chi connectivity index (χ4n) is 2.69. The van der Waals surface area contributed by atoms with Crippen molar-refractivity contribution in [2.24, 2.45) is 4.99 Å². The maximum absolute atomic E-state index is 13.4. The van der Waals surface area contributed by atoms with Crippen molar-refractivity contribution >= 4 is 23.4 Å². The largest absolute Gasteiger partial charge is 0.445 e. The number of nitrogens with one attached hydrogen (secondary N) is 1. The highest BCUT2D eigenvalue weighted by Crippen LogP contribution is 2.26. The Kier molecular flexibility index (Phi) is 5.22. The molecule has 1 aromatic heterocycles. The molecule has 0 bridgehead atoms. The lowest BCUT2D eigenvalue weighted by Crippen LogP contribution is -2.01. The van der Waals surface area contributed by atoms with Gasteiger partial charge in [0.05, 0.1) is 6.61 Å². The van der Waals surface area contributed by atoms with Crippen LogP contribution in [0.1, 0.15) is 17.4 Å². The molecule has 1 saturated heterocycles. The van der Waals surface area contributed by atoms with E-state index in [0.717, 1.165) is 11.3 Å². The molecule has 2 heterocycles. The van der Waals surface area contributed by atoms with Crippen LogP contribution in [0.5, 0.6) is 0 Å². The molecule has 4 rings (SSSR count). The van der Waals surface area contributed by atoms with E-state index in [9.17, 15) is 9.50 Å². The van der Waals surface area contributed by atoms with Crippen molar-refractivity contribution in [1.29, 1.82) is 0 Å². The fourth-order valence-corrected chi connectivity index (χ4v) is 2.69. The number of nitrogens with zero attached hydrogens (tertiary/aromatic N) is 3. The first-order valence-corrected chi connectivity index (χ1v) is 8.61. The Morgan fingerprint density at radius 1 is 1.18 bits per heavy atom. The van der Waals surface area contributed by atoms with E-state index >= 15 is 0 Å². The molecule has 0 spiro atoms. The lowest BCUT2D eigenvalue weighted by Gasteiger charge is -2.09. The first kappa shape index (κ1) is 18.0. The summed E-state index contributed by atoms with van der Waals surface area (Å²) in [5.41, 5.74) is 2.11. The van der Waals surface area contributed by atoms with Gasteiger partial charge in [0.1, 0.15) is 12.4 Å². The summed E-state index contributed by atoms with van der Waals surface area (Å²) in [7, 11) is 0. The maximum atomic E-state index is 13.4. The van der Waals surface area contributed by atoms with Crippen molar-refractivity contribution in [2.45, 2.75) is 12.9 Å². The third kappa shape index (κ3) is 4.30. The summed E-state index contributed by atoms with van der Waals surface area (Å²) in [6.07, 6.45) is 0.875. The molecular formula is C20H17FN4O3. The quantitative estimate of drug-likeness (QED) is 0.703. The van der Waals surface area contributed by atoms with Crippen LogP contribution in [0.2, 0.25) is 0 Å². The predicted octanol–water partition coefficient (Wildman–Crippen LogP) is 3.63. The molecule has 0 amide bonds. The summed E-state index contributed by atoms with van der Waals surface area (Å²) >= 11 is 0.